The fourth-order valence-electron chi connectivity index (χ4n) is 4.36. The van der Waals surface area contributed by atoms with Gasteiger partial charge in [0.15, 0.2) is 11.4 Å². The number of hydrogen-bond donors (Lipinski definition) is 3. The second kappa shape index (κ2) is 8.02. The molecule has 0 radical (unpaired) electrons. The number of carbonyl (C=O) groups excluding carboxylic acids is 1. The summed E-state index contributed by atoms with van der Waals surface area (Å²) in [5.74, 6) is -0.874. The lowest BCUT2D eigenvalue weighted by Gasteiger charge is -2.45. The van der Waals surface area contributed by atoms with E-state index in [1.54, 1.807) is 18.8 Å². The van der Waals surface area contributed by atoms with Gasteiger partial charge in [0, 0.05) is 33.5 Å². The zero-order valence-electron chi connectivity index (χ0n) is 19.4. The average molecular weight is 453 g/mol. The van der Waals surface area contributed by atoms with Gasteiger partial charge in [-0.15, -0.1) is 0 Å². The van der Waals surface area contributed by atoms with Crippen molar-refractivity contribution in [3.8, 4) is 5.75 Å². The Bertz CT molecular complexity index is 1300. The van der Waals surface area contributed by atoms with E-state index in [-0.39, 0.29) is 34.2 Å². The first-order chi connectivity index (χ1) is 15.5. The minimum absolute atomic E-state index is 0.0475. The van der Waals surface area contributed by atoms with E-state index in [1.165, 1.54) is 17.2 Å². The molecule has 2 aromatic heterocycles. The second-order valence-electron chi connectivity index (χ2n) is 9.24. The Kier molecular flexibility index (Phi) is 5.47. The van der Waals surface area contributed by atoms with E-state index in [2.05, 4.69) is 27.6 Å². The summed E-state index contributed by atoms with van der Waals surface area (Å²) in [5, 5.41) is 21.3. The van der Waals surface area contributed by atoms with Crippen LogP contribution in [0.25, 0.3) is 0 Å². The maximum atomic E-state index is 12.5. The molecule has 1 aromatic carbocycles. The van der Waals surface area contributed by atoms with Crippen molar-refractivity contribution in [2.24, 2.45) is 12.5 Å². The fraction of sp³-hybridized carbons (Fsp3) is 0.435. The van der Waals surface area contributed by atoms with Crippen LogP contribution in [0.15, 0.2) is 28.0 Å². The summed E-state index contributed by atoms with van der Waals surface area (Å²) in [4.78, 5) is 42.5. The van der Waals surface area contributed by atoms with Crippen LogP contribution in [0.1, 0.15) is 54.0 Å². The molecule has 174 valence electrons. The van der Waals surface area contributed by atoms with Crippen molar-refractivity contribution < 1.29 is 9.90 Å². The predicted molar refractivity (Wildman–Crippen MR) is 125 cm³/mol. The molecule has 2 heterocycles. The minimum Gasteiger partial charge on any atom is -0.504 e. The van der Waals surface area contributed by atoms with Crippen molar-refractivity contribution in [1.82, 2.24) is 19.7 Å². The van der Waals surface area contributed by atoms with E-state index in [0.29, 0.717) is 0 Å². The summed E-state index contributed by atoms with van der Waals surface area (Å²) in [6, 6.07) is 1.18. The SMILES string of the molecule is Cc1cn(C)nc1C(Nc1c(Nc2ccnc(C(=O)N(C)C)c2O)c(=O)c1=O)C1(C)CCC1. The third kappa shape index (κ3) is 3.75. The van der Waals surface area contributed by atoms with Crippen LogP contribution in [0, 0.1) is 12.3 Å². The third-order valence-electron chi connectivity index (χ3n) is 6.51. The van der Waals surface area contributed by atoms with Crippen LogP contribution in [0.5, 0.6) is 5.75 Å². The molecule has 1 saturated carbocycles. The van der Waals surface area contributed by atoms with Crippen molar-refractivity contribution in [3.05, 3.63) is 55.9 Å². The molecule has 1 aliphatic carbocycles. The predicted octanol–water partition coefficient (Wildman–Crippen LogP) is 2.21. The van der Waals surface area contributed by atoms with Gasteiger partial charge in [-0.1, -0.05) is 13.3 Å². The van der Waals surface area contributed by atoms with Crippen LogP contribution >= 0.6 is 0 Å². The smallest absolute Gasteiger partial charge is 0.275 e. The van der Waals surface area contributed by atoms with Crippen LogP contribution in [0.2, 0.25) is 0 Å². The first-order valence-corrected chi connectivity index (χ1v) is 10.8. The Morgan fingerprint density at radius 1 is 1.24 bits per heavy atom. The Labute approximate surface area is 190 Å². The molecule has 33 heavy (non-hydrogen) atoms. The number of aromatic hydroxyl groups is 1. The van der Waals surface area contributed by atoms with Gasteiger partial charge in [0.25, 0.3) is 16.8 Å². The molecule has 1 amide bonds. The molecule has 10 nitrogen and oxygen atoms in total. The lowest BCUT2D eigenvalue weighted by Crippen LogP contribution is -2.43. The summed E-state index contributed by atoms with van der Waals surface area (Å²) in [6.45, 7) is 4.12. The topological polar surface area (TPSA) is 129 Å². The molecule has 0 spiro atoms. The van der Waals surface area contributed by atoms with Crippen LogP contribution in [-0.2, 0) is 7.05 Å². The number of rotatable bonds is 7. The maximum Gasteiger partial charge on any atom is 0.275 e. The summed E-state index contributed by atoms with van der Waals surface area (Å²) < 4.78 is 1.74. The van der Waals surface area contributed by atoms with Crippen molar-refractivity contribution in [3.63, 3.8) is 0 Å². The highest BCUT2D eigenvalue weighted by atomic mass is 16.3. The monoisotopic (exact) mass is 452 g/mol. The molecule has 1 aliphatic rings. The number of carbonyl (C=O) groups is 1. The highest BCUT2D eigenvalue weighted by Gasteiger charge is 2.43. The lowest BCUT2D eigenvalue weighted by molar-refractivity contribution is 0.0819. The molecule has 1 unspecified atom stereocenters. The van der Waals surface area contributed by atoms with Crippen molar-refractivity contribution in [2.45, 2.75) is 39.2 Å². The Hall–Kier alpha value is -3.69. The van der Waals surface area contributed by atoms with E-state index >= 15 is 0 Å². The van der Waals surface area contributed by atoms with Crippen molar-refractivity contribution in [2.75, 3.05) is 24.7 Å². The standard InChI is InChI=1S/C23H28N6O4/c1-12-11-29(5)27-14(12)21(23(2)8-6-9-23)26-16-15(19(31)20(16)32)25-13-7-10-24-17(18(13)30)22(33)28(3)4/h7,10-11,21,26,30H,6,8-9H2,1-5H3,(H,24,25). The third-order valence-corrected chi connectivity index (χ3v) is 6.51. The molecule has 1 atom stereocenters. The lowest BCUT2D eigenvalue weighted by atomic mass is 9.64. The number of pyridine rings is 1. The van der Waals surface area contributed by atoms with E-state index in [4.69, 9.17) is 0 Å². The summed E-state index contributed by atoms with van der Waals surface area (Å²) in [6.07, 6.45) is 6.31. The summed E-state index contributed by atoms with van der Waals surface area (Å²) >= 11 is 0. The van der Waals surface area contributed by atoms with Crippen molar-refractivity contribution >= 4 is 23.0 Å². The van der Waals surface area contributed by atoms with Gasteiger partial charge in [0.2, 0.25) is 0 Å². The number of nitrogens with one attached hydrogen (secondary N) is 2. The van der Waals surface area contributed by atoms with Crippen LogP contribution < -0.4 is 21.5 Å². The molecule has 3 N–H and O–H groups in total. The first-order valence-electron chi connectivity index (χ1n) is 10.8. The maximum absolute atomic E-state index is 12.5. The van der Waals surface area contributed by atoms with Gasteiger partial charge in [0.05, 0.1) is 17.4 Å². The highest BCUT2D eigenvalue weighted by Crippen LogP contribution is 2.51. The second-order valence-corrected chi connectivity index (χ2v) is 9.24. The van der Waals surface area contributed by atoms with E-state index in [1.807, 2.05) is 20.2 Å². The molecule has 3 aromatic rings. The zero-order valence-corrected chi connectivity index (χ0v) is 19.4. The summed E-state index contributed by atoms with van der Waals surface area (Å²) in [5.41, 5.74) is 0.570. The normalized spacial score (nSPS) is 15.7. The van der Waals surface area contributed by atoms with Gasteiger partial charge in [-0.25, -0.2) is 4.98 Å². The molecule has 0 bridgehead atoms. The molecule has 1 fully saturated rings. The van der Waals surface area contributed by atoms with Crippen LogP contribution in [-0.4, -0.2) is 44.8 Å². The Morgan fingerprint density at radius 3 is 2.45 bits per heavy atom. The van der Waals surface area contributed by atoms with E-state index in [0.717, 1.165) is 30.5 Å². The van der Waals surface area contributed by atoms with Gasteiger partial charge in [0.1, 0.15) is 11.4 Å². The number of hydrogen-bond acceptors (Lipinski definition) is 8. The number of aromatic nitrogens is 3. The Morgan fingerprint density at radius 2 is 1.91 bits per heavy atom. The van der Waals surface area contributed by atoms with E-state index in [9.17, 15) is 19.5 Å². The Balaban J connectivity index is 1.69. The van der Waals surface area contributed by atoms with Crippen LogP contribution in [0.4, 0.5) is 17.1 Å². The van der Waals surface area contributed by atoms with Gasteiger partial charge in [-0.2, -0.15) is 5.10 Å². The number of aryl methyl sites for hydroxylation is 2. The van der Waals surface area contributed by atoms with Gasteiger partial charge < -0.3 is 20.6 Å². The zero-order chi connectivity index (χ0) is 24.1. The quantitative estimate of drug-likeness (QED) is 0.465. The summed E-state index contributed by atoms with van der Waals surface area (Å²) in [7, 11) is 4.94. The van der Waals surface area contributed by atoms with E-state index < -0.39 is 22.5 Å². The number of nitrogens with zero attached hydrogens (tertiary/aromatic N) is 4. The fourth-order valence-corrected chi connectivity index (χ4v) is 4.36. The molecule has 0 saturated heterocycles. The molecular weight excluding hydrogens is 424 g/mol. The number of anilines is 3. The molecular formula is C23H28N6O4. The molecule has 0 aliphatic heterocycles. The largest absolute Gasteiger partial charge is 0.504 e. The van der Waals surface area contributed by atoms with Gasteiger partial charge in [-0.3, -0.25) is 19.1 Å². The van der Waals surface area contributed by atoms with Crippen molar-refractivity contribution in [1.29, 1.82) is 0 Å². The number of amides is 1. The average Bonchev–Trinajstić information content (AvgIpc) is 3.09. The molecule has 10 heteroatoms. The minimum atomic E-state index is -0.690. The van der Waals surface area contributed by atoms with Crippen LogP contribution in [0.3, 0.4) is 0 Å². The van der Waals surface area contributed by atoms with Gasteiger partial charge >= 0.3 is 0 Å². The first kappa shape index (κ1) is 22.5. The highest BCUT2D eigenvalue weighted by molar-refractivity contribution is 5.97. The van der Waals surface area contributed by atoms with Gasteiger partial charge in [-0.05, 0) is 36.8 Å². The molecule has 4 rings (SSSR count).